The van der Waals surface area contributed by atoms with E-state index < -0.39 is 7.12 Å². The van der Waals surface area contributed by atoms with Gasteiger partial charge in [-0.15, -0.1) is 0 Å². The molecule has 14 heavy (non-hydrogen) atoms. The summed E-state index contributed by atoms with van der Waals surface area (Å²) < 4.78 is 0. The van der Waals surface area contributed by atoms with E-state index in [1.807, 2.05) is 30.3 Å². The first-order valence-electron chi connectivity index (χ1n) is 4.77. The summed E-state index contributed by atoms with van der Waals surface area (Å²) in [5.41, 5.74) is 2.83. The van der Waals surface area contributed by atoms with Crippen molar-refractivity contribution in [2.75, 3.05) is 0 Å². The van der Waals surface area contributed by atoms with Crippen LogP contribution < -0.4 is 0 Å². The Morgan fingerprint density at radius 2 is 2.00 bits per heavy atom. The molecule has 0 saturated heterocycles. The maximum absolute atomic E-state index is 8.93. The molecular weight excluding hydrogens is 175 g/mol. The van der Waals surface area contributed by atoms with Crippen molar-refractivity contribution in [2.24, 2.45) is 0 Å². The zero-order valence-corrected chi connectivity index (χ0v) is 8.57. The van der Waals surface area contributed by atoms with Crippen LogP contribution in [0, 0.1) is 0 Å². The second kappa shape index (κ2) is 4.98. The van der Waals surface area contributed by atoms with Crippen LogP contribution >= 0.6 is 0 Å². The van der Waals surface area contributed by atoms with Gasteiger partial charge in [-0.3, -0.25) is 0 Å². The Bertz CT molecular complexity index is 332. The molecule has 3 heteroatoms. The van der Waals surface area contributed by atoms with Crippen LogP contribution in [0.1, 0.15) is 25.0 Å². The first-order valence-corrected chi connectivity index (χ1v) is 4.77. The molecule has 0 aliphatic rings. The third-order valence-electron chi connectivity index (χ3n) is 2.23. The van der Waals surface area contributed by atoms with Gasteiger partial charge in [0.2, 0.25) is 0 Å². The fraction of sp³-hybridized carbons (Fsp3) is 0.273. The largest absolute Gasteiger partial charge is 0.483 e. The van der Waals surface area contributed by atoms with E-state index in [9.17, 15) is 0 Å². The zero-order chi connectivity index (χ0) is 10.6. The summed E-state index contributed by atoms with van der Waals surface area (Å²) >= 11 is 0. The highest BCUT2D eigenvalue weighted by Crippen LogP contribution is 2.13. The smallest absolute Gasteiger partial charge is 0.423 e. The minimum absolute atomic E-state index is 0.561. The lowest BCUT2D eigenvalue weighted by Crippen LogP contribution is -2.12. The van der Waals surface area contributed by atoms with Gasteiger partial charge in [-0.2, -0.15) is 0 Å². The third-order valence-corrected chi connectivity index (χ3v) is 2.23. The predicted octanol–water partition coefficient (Wildman–Crippen LogP) is 1.66. The van der Waals surface area contributed by atoms with E-state index in [-0.39, 0.29) is 0 Å². The summed E-state index contributed by atoms with van der Waals surface area (Å²) in [6.07, 6.45) is 2.75. The first-order chi connectivity index (χ1) is 6.65. The van der Waals surface area contributed by atoms with Crippen molar-refractivity contribution in [3.63, 3.8) is 0 Å². The number of allylic oxidation sites excluding steroid dienone is 1. The van der Waals surface area contributed by atoms with Crippen LogP contribution in [0.5, 0.6) is 0 Å². The average Bonchev–Trinajstić information content (AvgIpc) is 2.18. The molecule has 2 nitrogen and oxygen atoms in total. The normalized spacial score (nSPS) is 11.6. The number of benzene rings is 1. The van der Waals surface area contributed by atoms with E-state index in [2.05, 4.69) is 6.92 Å². The Hall–Kier alpha value is -1.06. The molecule has 74 valence electrons. The lowest BCUT2D eigenvalue weighted by molar-refractivity contribution is 0.419. The van der Waals surface area contributed by atoms with Gasteiger partial charge in [-0.1, -0.05) is 37.3 Å². The van der Waals surface area contributed by atoms with Gasteiger partial charge in [0.15, 0.2) is 0 Å². The van der Waals surface area contributed by atoms with Crippen molar-refractivity contribution in [1.82, 2.24) is 0 Å². The first kappa shape index (κ1) is 11.0. The summed E-state index contributed by atoms with van der Waals surface area (Å²) in [6, 6.07) is 7.95. The molecule has 0 fully saturated rings. The van der Waals surface area contributed by atoms with Crippen molar-refractivity contribution < 1.29 is 10.0 Å². The van der Waals surface area contributed by atoms with Crippen molar-refractivity contribution in [3.05, 3.63) is 40.9 Å². The van der Waals surface area contributed by atoms with Gasteiger partial charge in [0.25, 0.3) is 0 Å². The second-order valence-corrected chi connectivity index (χ2v) is 3.31. The molecule has 2 N–H and O–H groups in total. The number of hydrogen-bond acceptors (Lipinski definition) is 2. The molecule has 0 heterocycles. The van der Waals surface area contributed by atoms with Crippen molar-refractivity contribution in [3.8, 4) is 0 Å². The lowest BCUT2D eigenvalue weighted by Gasteiger charge is -2.04. The van der Waals surface area contributed by atoms with Crippen LogP contribution in [-0.4, -0.2) is 17.2 Å². The summed E-state index contributed by atoms with van der Waals surface area (Å²) in [5.74, 6) is 0. The minimum atomic E-state index is -1.36. The number of hydrogen-bond donors (Lipinski definition) is 2. The molecule has 1 aromatic carbocycles. The summed E-state index contributed by atoms with van der Waals surface area (Å²) in [5, 5.41) is 17.9. The molecular formula is C11H15BO2. The Morgan fingerprint density at radius 1 is 1.36 bits per heavy atom. The molecule has 0 bridgehead atoms. The monoisotopic (exact) mass is 190 g/mol. The highest BCUT2D eigenvalue weighted by atomic mass is 16.4. The number of rotatable bonds is 3. The highest BCUT2D eigenvalue weighted by molar-refractivity contribution is 6.51. The van der Waals surface area contributed by atoms with E-state index in [1.165, 1.54) is 5.56 Å². The predicted molar refractivity (Wildman–Crippen MR) is 59.7 cm³/mol. The van der Waals surface area contributed by atoms with Gasteiger partial charge in [0.05, 0.1) is 0 Å². The summed E-state index contributed by atoms with van der Waals surface area (Å²) in [6.45, 7) is 3.79. The van der Waals surface area contributed by atoms with Gasteiger partial charge >= 0.3 is 7.12 Å². The Balaban J connectivity index is 3.01. The standard InChI is InChI=1S/C11H15BO2/c1-3-10-6-4-5-7-11(10)8-9(2)12(13)14/h4-8,13-14H,3H2,1-2H3/b9-8+. The summed E-state index contributed by atoms with van der Waals surface area (Å²) in [4.78, 5) is 0. The quantitative estimate of drug-likeness (QED) is 0.711. The molecule has 1 aromatic rings. The minimum Gasteiger partial charge on any atom is -0.423 e. The van der Waals surface area contributed by atoms with Crippen LogP contribution in [0.15, 0.2) is 29.7 Å². The molecule has 0 atom stereocenters. The SMILES string of the molecule is CCc1ccccc1/C=C(\C)B(O)O. The van der Waals surface area contributed by atoms with Gasteiger partial charge < -0.3 is 10.0 Å². The van der Waals surface area contributed by atoms with Gasteiger partial charge in [0.1, 0.15) is 0 Å². The third kappa shape index (κ3) is 2.72. The van der Waals surface area contributed by atoms with E-state index in [0.29, 0.717) is 5.47 Å². The molecule has 0 radical (unpaired) electrons. The zero-order valence-electron chi connectivity index (χ0n) is 8.57. The highest BCUT2D eigenvalue weighted by Gasteiger charge is 2.09. The Labute approximate surface area is 85.0 Å². The molecule has 1 rings (SSSR count). The van der Waals surface area contributed by atoms with Crippen LogP contribution in [0.4, 0.5) is 0 Å². The molecule has 0 aliphatic heterocycles. The fourth-order valence-electron chi connectivity index (χ4n) is 1.32. The molecule has 0 saturated carbocycles. The van der Waals surface area contributed by atoms with E-state index in [4.69, 9.17) is 10.0 Å². The topological polar surface area (TPSA) is 40.5 Å². The maximum Gasteiger partial charge on any atom is 0.483 e. The van der Waals surface area contributed by atoms with E-state index in [1.54, 1.807) is 6.92 Å². The maximum atomic E-state index is 8.93. The van der Waals surface area contributed by atoms with Gasteiger partial charge in [-0.25, -0.2) is 0 Å². The van der Waals surface area contributed by atoms with Crippen molar-refractivity contribution in [1.29, 1.82) is 0 Å². The van der Waals surface area contributed by atoms with Crippen molar-refractivity contribution in [2.45, 2.75) is 20.3 Å². The average molecular weight is 190 g/mol. The van der Waals surface area contributed by atoms with Crippen LogP contribution in [0.25, 0.3) is 6.08 Å². The van der Waals surface area contributed by atoms with Gasteiger partial charge in [0, 0.05) is 0 Å². The van der Waals surface area contributed by atoms with E-state index in [0.717, 1.165) is 12.0 Å². The lowest BCUT2D eigenvalue weighted by atomic mass is 9.79. The van der Waals surface area contributed by atoms with E-state index >= 15 is 0 Å². The molecule has 0 aliphatic carbocycles. The summed E-state index contributed by atoms with van der Waals surface area (Å²) in [7, 11) is -1.36. The van der Waals surface area contributed by atoms with Crippen LogP contribution in [0.2, 0.25) is 0 Å². The van der Waals surface area contributed by atoms with Crippen LogP contribution in [0.3, 0.4) is 0 Å². The molecule has 0 amide bonds. The molecule has 0 unspecified atom stereocenters. The molecule has 0 spiro atoms. The Kier molecular flexibility index (Phi) is 3.92. The second-order valence-electron chi connectivity index (χ2n) is 3.31. The van der Waals surface area contributed by atoms with Gasteiger partial charge in [-0.05, 0) is 29.9 Å². The fourth-order valence-corrected chi connectivity index (χ4v) is 1.32. The molecule has 0 aromatic heterocycles. The Morgan fingerprint density at radius 3 is 2.57 bits per heavy atom. The van der Waals surface area contributed by atoms with Crippen molar-refractivity contribution >= 4 is 13.2 Å². The van der Waals surface area contributed by atoms with Crippen LogP contribution in [-0.2, 0) is 6.42 Å². The number of aryl methyl sites for hydroxylation is 1.